The van der Waals surface area contributed by atoms with Gasteiger partial charge in [-0.3, -0.25) is 4.79 Å². The summed E-state index contributed by atoms with van der Waals surface area (Å²) < 4.78 is 4.93. The number of carbonyl (C=O) groups excluding carboxylic acids is 2. The molecule has 0 fully saturated rings. The minimum atomic E-state index is -0.484. The highest BCUT2D eigenvalue weighted by atomic mass is 32.1. The van der Waals surface area contributed by atoms with Crippen LogP contribution in [0.1, 0.15) is 28.5 Å². The average Bonchev–Trinajstić information content (AvgIpc) is 3.13. The van der Waals surface area contributed by atoms with Gasteiger partial charge in [0.1, 0.15) is 0 Å². The van der Waals surface area contributed by atoms with Crippen LogP contribution in [-0.2, 0) is 20.9 Å². The third-order valence-electron chi connectivity index (χ3n) is 4.54. The Hall–Kier alpha value is -2.66. The number of amides is 1. The number of allylic oxidation sites excluding steroid dienone is 1. The van der Waals surface area contributed by atoms with E-state index in [4.69, 9.17) is 4.74 Å². The molecular formula is C21H21NO3S. The number of aryl methyl sites for hydroxylation is 2. The van der Waals surface area contributed by atoms with Gasteiger partial charge in [-0.25, -0.2) is 4.79 Å². The molecule has 1 aliphatic heterocycles. The van der Waals surface area contributed by atoms with Crippen molar-refractivity contribution >= 4 is 29.3 Å². The Morgan fingerprint density at radius 2 is 1.85 bits per heavy atom. The summed E-state index contributed by atoms with van der Waals surface area (Å²) in [5, 5.41) is 1.97. The molecule has 1 amide bonds. The molecule has 0 spiro atoms. The number of methoxy groups -OCH3 is 1. The molecule has 0 N–H and O–H groups in total. The van der Waals surface area contributed by atoms with Crippen LogP contribution in [0, 0.1) is 13.8 Å². The molecular weight excluding hydrogens is 346 g/mol. The second-order valence-electron chi connectivity index (χ2n) is 6.35. The molecule has 26 heavy (non-hydrogen) atoms. The minimum Gasteiger partial charge on any atom is -0.465 e. The van der Waals surface area contributed by atoms with E-state index < -0.39 is 5.97 Å². The van der Waals surface area contributed by atoms with Crippen LogP contribution in [-0.4, -0.2) is 23.9 Å². The van der Waals surface area contributed by atoms with Gasteiger partial charge in [-0.2, -0.15) is 0 Å². The highest BCUT2D eigenvalue weighted by Crippen LogP contribution is 2.34. The van der Waals surface area contributed by atoms with Crippen molar-refractivity contribution < 1.29 is 14.3 Å². The first-order valence-corrected chi connectivity index (χ1v) is 9.23. The first-order valence-electron chi connectivity index (χ1n) is 8.35. The Bertz CT molecular complexity index is 919. The maximum absolute atomic E-state index is 13.1. The van der Waals surface area contributed by atoms with Gasteiger partial charge in [0.25, 0.3) is 5.91 Å². The third kappa shape index (κ3) is 3.35. The van der Waals surface area contributed by atoms with Gasteiger partial charge >= 0.3 is 5.97 Å². The molecule has 2 aromatic rings. The fourth-order valence-electron chi connectivity index (χ4n) is 2.96. The number of carbonyl (C=O) groups is 2. The Morgan fingerprint density at radius 1 is 1.15 bits per heavy atom. The van der Waals surface area contributed by atoms with Crippen molar-refractivity contribution in [2.24, 2.45) is 0 Å². The van der Waals surface area contributed by atoms with Crippen molar-refractivity contribution in [1.29, 1.82) is 0 Å². The molecule has 1 aliphatic rings. The van der Waals surface area contributed by atoms with Gasteiger partial charge in [0.2, 0.25) is 0 Å². The number of hydrogen-bond donors (Lipinski definition) is 0. The van der Waals surface area contributed by atoms with E-state index in [1.165, 1.54) is 7.11 Å². The molecule has 0 atom stereocenters. The van der Waals surface area contributed by atoms with Crippen molar-refractivity contribution in [2.75, 3.05) is 7.11 Å². The summed E-state index contributed by atoms with van der Waals surface area (Å²) in [6.45, 7) is 6.23. The van der Waals surface area contributed by atoms with E-state index >= 15 is 0 Å². The van der Waals surface area contributed by atoms with E-state index in [-0.39, 0.29) is 5.91 Å². The lowest BCUT2D eigenvalue weighted by Gasteiger charge is -2.18. The predicted octanol–water partition coefficient (Wildman–Crippen LogP) is 4.24. The molecule has 0 aliphatic carbocycles. The smallest absolute Gasteiger partial charge is 0.340 e. The molecule has 134 valence electrons. The molecule has 1 aromatic heterocycles. The monoisotopic (exact) mass is 367 g/mol. The van der Waals surface area contributed by atoms with Gasteiger partial charge in [0.15, 0.2) is 0 Å². The number of nitrogens with zero attached hydrogens (tertiary/aromatic N) is 1. The Balaban J connectivity index is 2.02. The minimum absolute atomic E-state index is 0.170. The maximum atomic E-state index is 13.1. The lowest BCUT2D eigenvalue weighted by Crippen LogP contribution is -2.24. The van der Waals surface area contributed by atoms with Crippen molar-refractivity contribution in [3.63, 3.8) is 0 Å². The van der Waals surface area contributed by atoms with Crippen LogP contribution in [0.25, 0.3) is 6.08 Å². The van der Waals surface area contributed by atoms with E-state index in [0.717, 1.165) is 21.6 Å². The van der Waals surface area contributed by atoms with Crippen LogP contribution in [0.4, 0.5) is 0 Å². The topological polar surface area (TPSA) is 46.6 Å². The van der Waals surface area contributed by atoms with Crippen LogP contribution >= 0.6 is 11.3 Å². The summed E-state index contributed by atoms with van der Waals surface area (Å²) in [7, 11) is 1.34. The van der Waals surface area contributed by atoms with Gasteiger partial charge in [-0.15, -0.1) is 11.3 Å². The molecule has 0 radical (unpaired) electrons. The quantitative estimate of drug-likeness (QED) is 0.600. The molecule has 5 heteroatoms. The van der Waals surface area contributed by atoms with Crippen molar-refractivity contribution in [3.8, 4) is 0 Å². The summed E-state index contributed by atoms with van der Waals surface area (Å²) in [6, 6.07) is 10.0. The van der Waals surface area contributed by atoms with Gasteiger partial charge in [0.05, 0.1) is 24.8 Å². The summed E-state index contributed by atoms with van der Waals surface area (Å²) in [4.78, 5) is 28.0. The first kappa shape index (κ1) is 18.1. The van der Waals surface area contributed by atoms with Gasteiger partial charge in [-0.05, 0) is 49.4 Å². The van der Waals surface area contributed by atoms with Gasteiger partial charge in [0, 0.05) is 10.6 Å². The number of thiophene rings is 1. The first-order chi connectivity index (χ1) is 12.4. The molecule has 2 heterocycles. The van der Waals surface area contributed by atoms with E-state index in [0.29, 0.717) is 23.4 Å². The number of hydrogen-bond acceptors (Lipinski definition) is 4. The van der Waals surface area contributed by atoms with E-state index in [2.05, 4.69) is 0 Å². The van der Waals surface area contributed by atoms with Gasteiger partial charge < -0.3 is 9.64 Å². The fraction of sp³-hybridized carbons (Fsp3) is 0.238. The van der Waals surface area contributed by atoms with Crippen LogP contribution in [0.3, 0.4) is 0 Å². The molecule has 0 saturated carbocycles. The summed E-state index contributed by atoms with van der Waals surface area (Å²) in [5.74, 6) is -0.654. The zero-order chi connectivity index (χ0) is 18.8. The molecule has 1 aromatic carbocycles. The molecule has 0 unspecified atom stereocenters. The largest absolute Gasteiger partial charge is 0.465 e. The normalized spacial score (nSPS) is 15.9. The van der Waals surface area contributed by atoms with E-state index in [9.17, 15) is 9.59 Å². The number of ether oxygens (including phenoxy) is 1. The zero-order valence-electron chi connectivity index (χ0n) is 15.3. The van der Waals surface area contributed by atoms with Crippen LogP contribution < -0.4 is 0 Å². The second-order valence-corrected chi connectivity index (χ2v) is 7.30. The maximum Gasteiger partial charge on any atom is 0.340 e. The summed E-state index contributed by atoms with van der Waals surface area (Å²) in [5.41, 5.74) is 4.63. The van der Waals surface area contributed by atoms with E-state index in [1.54, 1.807) is 29.2 Å². The Kier molecular flexibility index (Phi) is 5.09. The highest BCUT2D eigenvalue weighted by Gasteiger charge is 2.37. The summed E-state index contributed by atoms with van der Waals surface area (Å²) >= 11 is 1.55. The SMILES string of the molecule is COC(=O)C1=C(C)N(Cc2ccc(C)cc2)C(=O)/C1=C\c1sccc1C. The van der Waals surface area contributed by atoms with Gasteiger partial charge in [-0.1, -0.05) is 29.8 Å². The molecule has 0 saturated heterocycles. The summed E-state index contributed by atoms with van der Waals surface area (Å²) in [6.07, 6.45) is 1.80. The predicted molar refractivity (Wildman–Crippen MR) is 103 cm³/mol. The number of benzene rings is 1. The Labute approximate surface area is 157 Å². The molecule has 0 bridgehead atoms. The van der Waals surface area contributed by atoms with Crippen molar-refractivity contribution in [3.05, 3.63) is 74.1 Å². The Morgan fingerprint density at radius 3 is 2.42 bits per heavy atom. The van der Waals surface area contributed by atoms with Crippen LogP contribution in [0.2, 0.25) is 0 Å². The lowest BCUT2D eigenvalue weighted by atomic mass is 10.1. The number of rotatable bonds is 4. The van der Waals surface area contributed by atoms with Crippen LogP contribution in [0.15, 0.2) is 52.6 Å². The lowest BCUT2D eigenvalue weighted by molar-refractivity contribution is -0.136. The van der Waals surface area contributed by atoms with Crippen LogP contribution in [0.5, 0.6) is 0 Å². The zero-order valence-corrected chi connectivity index (χ0v) is 16.1. The standard InChI is InChI=1S/C21H21NO3S/c1-13-5-7-16(8-6-13)12-22-15(3)19(21(24)25-4)17(20(22)23)11-18-14(2)9-10-26-18/h5-11H,12H2,1-4H3/b17-11-. The highest BCUT2D eigenvalue weighted by molar-refractivity contribution is 7.11. The number of esters is 1. The molecule has 3 rings (SSSR count). The average molecular weight is 367 g/mol. The van der Waals surface area contributed by atoms with E-state index in [1.807, 2.05) is 49.6 Å². The fourth-order valence-corrected chi connectivity index (χ4v) is 3.82. The van der Waals surface area contributed by atoms with Crippen molar-refractivity contribution in [2.45, 2.75) is 27.3 Å². The van der Waals surface area contributed by atoms with Crippen molar-refractivity contribution in [1.82, 2.24) is 4.90 Å². The second kappa shape index (κ2) is 7.30. The third-order valence-corrected chi connectivity index (χ3v) is 5.51. The molecule has 4 nitrogen and oxygen atoms in total.